The molecule has 1 aromatic carbocycles. The summed E-state index contributed by atoms with van der Waals surface area (Å²) in [7, 11) is 0. The van der Waals surface area contributed by atoms with Crippen molar-refractivity contribution in [2.45, 2.75) is 26.2 Å². The molecular weight excluding hydrogens is 188 g/mol. The Morgan fingerprint density at radius 1 is 1.40 bits per heavy atom. The maximum Gasteiger partial charge on any atom is 0.308 e. The van der Waals surface area contributed by atoms with Crippen molar-refractivity contribution in [2.24, 2.45) is 0 Å². The van der Waals surface area contributed by atoms with Crippen LogP contribution in [0.5, 0.6) is 0 Å². The molecule has 0 saturated heterocycles. The van der Waals surface area contributed by atoms with Gasteiger partial charge in [-0.3, -0.25) is 4.79 Å². The number of carbonyl (C=O) groups is 1. The third-order valence-electron chi connectivity index (χ3n) is 2.67. The minimum atomic E-state index is -0.257. The first-order valence-corrected chi connectivity index (χ1v) is 5.22. The van der Waals surface area contributed by atoms with Crippen LogP contribution in [0.15, 0.2) is 30.3 Å². The molecule has 2 rings (SSSR count). The lowest BCUT2D eigenvalue weighted by Gasteiger charge is -2.06. The lowest BCUT2D eigenvalue weighted by Crippen LogP contribution is -1.96. The van der Waals surface area contributed by atoms with Crippen LogP contribution in [0.4, 0.5) is 0 Å². The second-order valence-corrected chi connectivity index (χ2v) is 3.73. The normalized spacial score (nSPS) is 18.3. The van der Waals surface area contributed by atoms with Crippen LogP contribution >= 0.6 is 0 Å². The summed E-state index contributed by atoms with van der Waals surface area (Å²) < 4.78 is 5.19. The van der Waals surface area contributed by atoms with E-state index in [-0.39, 0.29) is 5.97 Å². The first-order valence-electron chi connectivity index (χ1n) is 5.22. The molecule has 0 aliphatic heterocycles. The van der Waals surface area contributed by atoms with Crippen molar-refractivity contribution >= 4 is 11.7 Å². The van der Waals surface area contributed by atoms with Crippen LogP contribution < -0.4 is 0 Å². The van der Waals surface area contributed by atoms with Crippen LogP contribution in [0, 0.1) is 0 Å². The van der Waals surface area contributed by atoms with Gasteiger partial charge in [-0.1, -0.05) is 31.2 Å². The largest absolute Gasteiger partial charge is 0.426 e. The maximum atomic E-state index is 10.9. The van der Waals surface area contributed by atoms with Crippen molar-refractivity contribution in [3.63, 3.8) is 0 Å². The number of allylic oxidation sites excluding steroid dienone is 1. The van der Waals surface area contributed by atoms with E-state index in [9.17, 15) is 4.79 Å². The van der Waals surface area contributed by atoms with Crippen LogP contribution in [-0.4, -0.2) is 5.97 Å². The Balaban J connectivity index is 2.38. The summed E-state index contributed by atoms with van der Waals surface area (Å²) >= 11 is 0. The van der Waals surface area contributed by atoms with E-state index in [2.05, 4.69) is 13.0 Å². The lowest BCUT2D eigenvalue weighted by atomic mass is 9.99. The summed E-state index contributed by atoms with van der Waals surface area (Å²) in [5.41, 5.74) is 2.32. The molecule has 1 unspecified atom stereocenters. The van der Waals surface area contributed by atoms with E-state index in [1.807, 2.05) is 24.3 Å². The number of carbonyl (C=O) groups excluding carboxylic acids is 1. The van der Waals surface area contributed by atoms with Crippen LogP contribution in [0.1, 0.15) is 37.3 Å². The van der Waals surface area contributed by atoms with Gasteiger partial charge in [-0.2, -0.15) is 0 Å². The highest BCUT2D eigenvalue weighted by molar-refractivity contribution is 5.80. The topological polar surface area (TPSA) is 26.3 Å². The van der Waals surface area contributed by atoms with E-state index in [0.29, 0.717) is 11.7 Å². The second kappa shape index (κ2) is 3.89. The van der Waals surface area contributed by atoms with Crippen LogP contribution in [0.25, 0.3) is 5.76 Å². The molecule has 2 nitrogen and oxygen atoms in total. The maximum absolute atomic E-state index is 10.9. The molecule has 78 valence electrons. The lowest BCUT2D eigenvalue weighted by molar-refractivity contribution is -0.134. The summed E-state index contributed by atoms with van der Waals surface area (Å²) in [4.78, 5) is 10.9. The highest BCUT2D eigenvalue weighted by Gasteiger charge is 2.23. The number of fused-ring (bicyclic) bond motifs is 1. The first-order chi connectivity index (χ1) is 7.22. The number of benzene rings is 1. The molecule has 0 spiro atoms. The molecular formula is C13H14O2. The molecule has 2 heteroatoms. The number of hydrogen-bond donors (Lipinski definition) is 0. The Morgan fingerprint density at radius 2 is 2.13 bits per heavy atom. The standard InChI is InChI=1S/C13H14O2/c1-3-10-8-13(15-9(2)14)12-7-5-4-6-11(10)12/h4-8,10H,3H2,1-2H3. The van der Waals surface area contributed by atoms with Crippen molar-refractivity contribution in [1.82, 2.24) is 0 Å². The zero-order valence-corrected chi connectivity index (χ0v) is 8.99. The molecule has 0 saturated carbocycles. The first kappa shape index (κ1) is 9.97. The average molecular weight is 202 g/mol. The van der Waals surface area contributed by atoms with Crippen LogP contribution in [0.2, 0.25) is 0 Å². The second-order valence-electron chi connectivity index (χ2n) is 3.73. The number of rotatable bonds is 2. The van der Waals surface area contributed by atoms with Crippen molar-refractivity contribution in [3.05, 3.63) is 41.5 Å². The van der Waals surface area contributed by atoms with Gasteiger partial charge in [0.1, 0.15) is 5.76 Å². The quantitative estimate of drug-likeness (QED) is 0.689. The Kier molecular flexibility index (Phi) is 2.58. The minimum absolute atomic E-state index is 0.257. The SMILES string of the molecule is CCC1C=C(OC(C)=O)c2ccccc21. The molecule has 1 aromatic rings. The Morgan fingerprint density at radius 3 is 2.80 bits per heavy atom. The molecule has 0 aromatic heterocycles. The van der Waals surface area contributed by atoms with E-state index < -0.39 is 0 Å². The molecule has 0 fully saturated rings. The van der Waals surface area contributed by atoms with E-state index in [1.54, 1.807) is 0 Å². The summed E-state index contributed by atoms with van der Waals surface area (Å²) in [6.45, 7) is 3.57. The molecule has 0 bridgehead atoms. The van der Waals surface area contributed by atoms with Gasteiger partial charge in [0.25, 0.3) is 0 Å². The minimum Gasteiger partial charge on any atom is -0.426 e. The van der Waals surface area contributed by atoms with E-state index >= 15 is 0 Å². The van der Waals surface area contributed by atoms with E-state index in [0.717, 1.165) is 12.0 Å². The molecule has 1 atom stereocenters. The summed E-state index contributed by atoms with van der Waals surface area (Å²) in [6.07, 6.45) is 3.06. The zero-order chi connectivity index (χ0) is 10.8. The Bertz CT molecular complexity index is 418. The van der Waals surface area contributed by atoms with Gasteiger partial charge in [-0.25, -0.2) is 0 Å². The third kappa shape index (κ3) is 1.80. The molecule has 0 N–H and O–H groups in total. The summed E-state index contributed by atoms with van der Waals surface area (Å²) in [6, 6.07) is 8.08. The highest BCUT2D eigenvalue weighted by Crippen LogP contribution is 2.37. The third-order valence-corrected chi connectivity index (χ3v) is 2.67. The monoisotopic (exact) mass is 202 g/mol. The summed E-state index contributed by atoms with van der Waals surface area (Å²) in [5.74, 6) is 0.841. The average Bonchev–Trinajstić information content (AvgIpc) is 2.56. The van der Waals surface area contributed by atoms with Crippen LogP contribution in [0.3, 0.4) is 0 Å². The number of ether oxygens (including phenoxy) is 1. The van der Waals surface area contributed by atoms with Gasteiger partial charge in [0, 0.05) is 18.4 Å². The zero-order valence-electron chi connectivity index (χ0n) is 8.99. The number of esters is 1. The van der Waals surface area contributed by atoms with Gasteiger partial charge in [0.05, 0.1) is 0 Å². The summed E-state index contributed by atoms with van der Waals surface area (Å²) in [5, 5.41) is 0. The predicted molar refractivity (Wildman–Crippen MR) is 59.2 cm³/mol. The van der Waals surface area contributed by atoms with Gasteiger partial charge in [0.15, 0.2) is 0 Å². The molecule has 1 aliphatic rings. The van der Waals surface area contributed by atoms with Gasteiger partial charge >= 0.3 is 5.97 Å². The number of hydrogen-bond acceptors (Lipinski definition) is 2. The Labute approximate surface area is 89.6 Å². The smallest absolute Gasteiger partial charge is 0.308 e. The van der Waals surface area contributed by atoms with Gasteiger partial charge in [0.2, 0.25) is 0 Å². The van der Waals surface area contributed by atoms with Gasteiger partial charge in [-0.15, -0.1) is 0 Å². The fraction of sp³-hybridized carbons (Fsp3) is 0.308. The molecule has 1 aliphatic carbocycles. The van der Waals surface area contributed by atoms with E-state index in [1.165, 1.54) is 12.5 Å². The molecule has 0 heterocycles. The van der Waals surface area contributed by atoms with Gasteiger partial charge in [-0.05, 0) is 18.1 Å². The predicted octanol–water partition coefficient (Wildman–Crippen LogP) is 3.10. The van der Waals surface area contributed by atoms with Crippen molar-refractivity contribution < 1.29 is 9.53 Å². The fourth-order valence-electron chi connectivity index (χ4n) is 1.99. The Hall–Kier alpha value is -1.57. The van der Waals surface area contributed by atoms with E-state index in [4.69, 9.17) is 4.74 Å². The molecule has 0 radical (unpaired) electrons. The highest BCUT2D eigenvalue weighted by atomic mass is 16.5. The van der Waals surface area contributed by atoms with Gasteiger partial charge < -0.3 is 4.74 Å². The van der Waals surface area contributed by atoms with Crippen LogP contribution in [-0.2, 0) is 9.53 Å². The van der Waals surface area contributed by atoms with Crippen molar-refractivity contribution in [2.75, 3.05) is 0 Å². The molecule has 0 amide bonds. The molecule has 15 heavy (non-hydrogen) atoms. The van der Waals surface area contributed by atoms with Crippen molar-refractivity contribution in [3.8, 4) is 0 Å². The van der Waals surface area contributed by atoms with Crippen molar-refractivity contribution in [1.29, 1.82) is 0 Å². The fourth-order valence-corrected chi connectivity index (χ4v) is 1.99.